The highest BCUT2D eigenvalue weighted by molar-refractivity contribution is 5.78. The molecule has 1 fully saturated rings. The summed E-state index contributed by atoms with van der Waals surface area (Å²) in [6, 6.07) is 14.8. The first-order chi connectivity index (χ1) is 14.9. The Labute approximate surface area is 185 Å². The minimum atomic E-state index is -0.219. The number of amides is 1. The van der Waals surface area contributed by atoms with E-state index in [1.54, 1.807) is 0 Å². The van der Waals surface area contributed by atoms with Gasteiger partial charge in [0.2, 0.25) is 0 Å². The van der Waals surface area contributed by atoms with E-state index >= 15 is 0 Å². The number of carbonyl (C=O) groups is 1. The average Bonchev–Trinajstić information content (AvgIpc) is 2.77. The maximum atomic E-state index is 13.2. The molecule has 0 aliphatic carbocycles. The van der Waals surface area contributed by atoms with Crippen LogP contribution in [0.1, 0.15) is 33.3 Å². The average molecular weight is 428 g/mol. The Balaban J connectivity index is 1.59. The van der Waals surface area contributed by atoms with Crippen LogP contribution in [0.2, 0.25) is 0 Å². The molecule has 6 heteroatoms. The molecule has 0 N–H and O–H groups in total. The van der Waals surface area contributed by atoms with Crippen LogP contribution in [0.5, 0.6) is 5.75 Å². The van der Waals surface area contributed by atoms with E-state index in [0.29, 0.717) is 6.54 Å². The van der Waals surface area contributed by atoms with E-state index in [2.05, 4.69) is 37.5 Å². The first kappa shape index (κ1) is 23.1. The Morgan fingerprint density at radius 3 is 2.39 bits per heavy atom. The zero-order chi connectivity index (χ0) is 22.4. The second-order valence-corrected chi connectivity index (χ2v) is 8.23. The summed E-state index contributed by atoms with van der Waals surface area (Å²) in [6.07, 6.45) is 0. The number of rotatable bonds is 8. The predicted molar refractivity (Wildman–Crippen MR) is 123 cm³/mol. The van der Waals surface area contributed by atoms with Crippen molar-refractivity contribution in [1.82, 2.24) is 9.80 Å². The van der Waals surface area contributed by atoms with Gasteiger partial charge in [-0.3, -0.25) is 9.69 Å². The molecule has 1 saturated heterocycles. The molecule has 0 saturated carbocycles. The summed E-state index contributed by atoms with van der Waals surface area (Å²) in [5, 5.41) is 0. The van der Waals surface area contributed by atoms with Crippen molar-refractivity contribution < 1.29 is 13.9 Å². The third-order valence-corrected chi connectivity index (χ3v) is 6.05. The van der Waals surface area contributed by atoms with Crippen molar-refractivity contribution in [2.75, 3.05) is 37.7 Å². The summed E-state index contributed by atoms with van der Waals surface area (Å²) in [4.78, 5) is 19.5. The van der Waals surface area contributed by atoms with Crippen molar-refractivity contribution in [3.63, 3.8) is 0 Å². The molecule has 168 valence electrons. The van der Waals surface area contributed by atoms with E-state index < -0.39 is 0 Å². The van der Waals surface area contributed by atoms with Crippen LogP contribution in [0, 0.1) is 5.82 Å². The molecule has 31 heavy (non-hydrogen) atoms. The number of hydrogen-bond donors (Lipinski definition) is 0. The van der Waals surface area contributed by atoms with Crippen LogP contribution >= 0.6 is 0 Å². The van der Waals surface area contributed by atoms with Gasteiger partial charge in [0.25, 0.3) is 5.91 Å². The second kappa shape index (κ2) is 10.6. The van der Waals surface area contributed by atoms with E-state index in [-0.39, 0.29) is 30.4 Å². The molecule has 0 unspecified atom stereocenters. The highest BCUT2D eigenvalue weighted by Crippen LogP contribution is 2.28. The summed E-state index contributed by atoms with van der Waals surface area (Å²) < 4.78 is 19.1. The predicted octanol–water partition coefficient (Wildman–Crippen LogP) is 4.17. The molecule has 2 aromatic carbocycles. The molecule has 0 spiro atoms. The summed E-state index contributed by atoms with van der Waals surface area (Å²) in [5.74, 6) is 0.536. The molecule has 0 aromatic heterocycles. The van der Waals surface area contributed by atoms with Gasteiger partial charge in [-0.15, -0.1) is 0 Å². The second-order valence-electron chi connectivity index (χ2n) is 8.23. The minimum absolute atomic E-state index is 0.00938. The van der Waals surface area contributed by atoms with Gasteiger partial charge in [-0.05, 0) is 57.5 Å². The van der Waals surface area contributed by atoms with Gasteiger partial charge in [0, 0.05) is 44.8 Å². The van der Waals surface area contributed by atoms with Crippen LogP contribution in [-0.2, 0) is 11.3 Å². The number of nitrogens with zero attached hydrogens (tertiary/aromatic N) is 3. The summed E-state index contributed by atoms with van der Waals surface area (Å²) in [7, 11) is 0. The largest absolute Gasteiger partial charge is 0.482 e. The zero-order valence-corrected chi connectivity index (χ0v) is 19.1. The zero-order valence-electron chi connectivity index (χ0n) is 19.1. The van der Waals surface area contributed by atoms with Crippen LogP contribution < -0.4 is 9.64 Å². The number of para-hydroxylation sites is 2. The highest BCUT2D eigenvalue weighted by Gasteiger charge is 2.32. The molecule has 3 rings (SSSR count). The van der Waals surface area contributed by atoms with Crippen molar-refractivity contribution in [2.24, 2.45) is 0 Å². The lowest BCUT2D eigenvalue weighted by Crippen LogP contribution is -2.58. The molecule has 1 aliphatic heterocycles. The first-order valence-electron chi connectivity index (χ1n) is 11.2. The minimum Gasteiger partial charge on any atom is -0.482 e. The topological polar surface area (TPSA) is 36.0 Å². The molecule has 1 heterocycles. The van der Waals surface area contributed by atoms with E-state index in [9.17, 15) is 9.18 Å². The highest BCUT2D eigenvalue weighted by atomic mass is 19.1. The van der Waals surface area contributed by atoms with E-state index in [0.717, 1.165) is 43.2 Å². The fraction of sp³-hybridized carbons (Fsp3) is 0.480. The Morgan fingerprint density at radius 2 is 1.71 bits per heavy atom. The maximum absolute atomic E-state index is 13.2. The number of hydrogen-bond acceptors (Lipinski definition) is 4. The van der Waals surface area contributed by atoms with Crippen molar-refractivity contribution >= 4 is 11.6 Å². The van der Waals surface area contributed by atoms with Gasteiger partial charge in [0.05, 0.1) is 5.69 Å². The van der Waals surface area contributed by atoms with Crippen LogP contribution in [-0.4, -0.2) is 60.6 Å². The van der Waals surface area contributed by atoms with Crippen molar-refractivity contribution in [1.29, 1.82) is 0 Å². The number of halogens is 1. The Hall–Kier alpha value is -2.60. The molecule has 2 aromatic rings. The SMILES string of the molecule is CCN(CC)c1ccccc1OCC(=O)N1C[C@H](C)N(Cc2ccc(F)cc2)C[C@H]1C. The molecule has 0 bridgehead atoms. The molecular weight excluding hydrogens is 393 g/mol. The molecule has 5 nitrogen and oxygen atoms in total. The summed E-state index contributed by atoms with van der Waals surface area (Å²) in [6.45, 7) is 12.4. The smallest absolute Gasteiger partial charge is 0.260 e. The standard InChI is InChI=1S/C25H34FN3O2/c1-5-27(6-2)23-9-7-8-10-24(23)31-18-25(30)29-16-19(3)28(15-20(29)4)17-21-11-13-22(26)14-12-21/h7-14,19-20H,5-6,15-18H2,1-4H3/t19-,20+/m0/s1. The first-order valence-corrected chi connectivity index (χ1v) is 11.2. The molecular formula is C25H34FN3O2. The number of piperazine rings is 1. The van der Waals surface area contributed by atoms with Crippen LogP contribution in [0.15, 0.2) is 48.5 Å². The number of benzene rings is 2. The lowest BCUT2D eigenvalue weighted by Gasteiger charge is -2.44. The van der Waals surface area contributed by atoms with Gasteiger partial charge >= 0.3 is 0 Å². The number of ether oxygens (including phenoxy) is 1. The van der Waals surface area contributed by atoms with Crippen molar-refractivity contribution in [3.05, 3.63) is 59.9 Å². The fourth-order valence-electron chi connectivity index (χ4n) is 4.22. The van der Waals surface area contributed by atoms with Crippen molar-refractivity contribution in [3.8, 4) is 5.75 Å². The fourth-order valence-corrected chi connectivity index (χ4v) is 4.22. The monoisotopic (exact) mass is 427 g/mol. The van der Waals surface area contributed by atoms with Gasteiger partial charge in [0.15, 0.2) is 6.61 Å². The molecule has 2 atom stereocenters. The molecule has 1 aliphatic rings. The summed E-state index contributed by atoms with van der Waals surface area (Å²) >= 11 is 0. The van der Waals surface area contributed by atoms with Gasteiger partial charge in [0.1, 0.15) is 11.6 Å². The van der Waals surface area contributed by atoms with Gasteiger partial charge in [-0.25, -0.2) is 4.39 Å². The van der Waals surface area contributed by atoms with Crippen LogP contribution in [0.4, 0.5) is 10.1 Å². The Bertz CT molecular complexity index is 854. The molecule has 1 amide bonds. The lowest BCUT2D eigenvalue weighted by molar-refractivity contribution is -0.139. The third kappa shape index (κ3) is 5.76. The van der Waals surface area contributed by atoms with Gasteiger partial charge in [-0.2, -0.15) is 0 Å². The summed E-state index contributed by atoms with van der Waals surface area (Å²) in [5.41, 5.74) is 2.10. The number of anilines is 1. The van der Waals surface area contributed by atoms with E-state index in [1.165, 1.54) is 12.1 Å². The normalized spacial score (nSPS) is 19.3. The van der Waals surface area contributed by atoms with Crippen LogP contribution in [0.3, 0.4) is 0 Å². The maximum Gasteiger partial charge on any atom is 0.260 e. The van der Waals surface area contributed by atoms with Crippen molar-refractivity contribution in [2.45, 2.75) is 46.3 Å². The van der Waals surface area contributed by atoms with E-state index in [4.69, 9.17) is 4.74 Å². The third-order valence-electron chi connectivity index (χ3n) is 6.05. The van der Waals surface area contributed by atoms with Gasteiger partial charge < -0.3 is 14.5 Å². The molecule has 0 radical (unpaired) electrons. The van der Waals surface area contributed by atoms with Crippen LogP contribution in [0.25, 0.3) is 0 Å². The van der Waals surface area contributed by atoms with Gasteiger partial charge in [-0.1, -0.05) is 24.3 Å². The Morgan fingerprint density at radius 1 is 1.03 bits per heavy atom. The van der Waals surface area contributed by atoms with E-state index in [1.807, 2.05) is 41.3 Å². The Kier molecular flexibility index (Phi) is 7.91. The lowest BCUT2D eigenvalue weighted by atomic mass is 10.1. The quantitative estimate of drug-likeness (QED) is 0.634. The number of carbonyl (C=O) groups excluding carboxylic acids is 1.